The number of ether oxygens (including phenoxy) is 1. The molecule has 1 atom stereocenters. The number of nitrogens with one attached hydrogen (secondary N) is 1. The number of unbranched alkanes of at least 4 members (excludes halogenated alkanes) is 1. The average Bonchev–Trinajstić information content (AvgIpc) is 2.97. The molecule has 3 rings (SSSR count). The summed E-state index contributed by atoms with van der Waals surface area (Å²) in [5.74, 6) is -1.23. The van der Waals surface area contributed by atoms with Gasteiger partial charge in [-0.3, -0.25) is 13.9 Å². The number of sulfonamides is 1. The first-order chi connectivity index (χ1) is 20.0. The van der Waals surface area contributed by atoms with E-state index in [9.17, 15) is 22.4 Å². The van der Waals surface area contributed by atoms with Crippen LogP contribution in [0.3, 0.4) is 0 Å². The second-order valence-corrected chi connectivity index (χ2v) is 12.2. The Labute approximate surface area is 252 Å². The Bertz CT molecular complexity index is 1470. The third-order valence-corrected chi connectivity index (χ3v) is 8.79. The van der Waals surface area contributed by atoms with Gasteiger partial charge in [0.2, 0.25) is 11.8 Å². The average molecular weight is 618 g/mol. The van der Waals surface area contributed by atoms with Gasteiger partial charge in [0.25, 0.3) is 10.0 Å². The lowest BCUT2D eigenvalue weighted by atomic mass is 10.1. The zero-order chi connectivity index (χ0) is 30.9. The minimum absolute atomic E-state index is 0.0302. The smallest absolute Gasteiger partial charge is 0.264 e. The van der Waals surface area contributed by atoms with Crippen LogP contribution in [0.15, 0.2) is 71.6 Å². The van der Waals surface area contributed by atoms with Gasteiger partial charge in [0.05, 0.1) is 17.7 Å². The van der Waals surface area contributed by atoms with Gasteiger partial charge in [-0.1, -0.05) is 61.7 Å². The summed E-state index contributed by atoms with van der Waals surface area (Å²) < 4.78 is 48.2. The summed E-state index contributed by atoms with van der Waals surface area (Å²) in [4.78, 5) is 28.7. The van der Waals surface area contributed by atoms with E-state index >= 15 is 0 Å². The van der Waals surface area contributed by atoms with Crippen molar-refractivity contribution in [1.82, 2.24) is 10.2 Å². The topological polar surface area (TPSA) is 96.0 Å². The first-order valence-corrected chi connectivity index (χ1v) is 15.6. The maximum Gasteiger partial charge on any atom is 0.264 e. The van der Waals surface area contributed by atoms with Crippen molar-refractivity contribution < 1.29 is 27.1 Å². The molecule has 0 saturated carbocycles. The van der Waals surface area contributed by atoms with Crippen molar-refractivity contribution >= 4 is 39.1 Å². The van der Waals surface area contributed by atoms with Gasteiger partial charge in [0, 0.05) is 18.1 Å². The number of hydrogen-bond acceptors (Lipinski definition) is 5. The SMILES string of the molecule is CCCCNC(=O)[C@H](CC)N(Cc1ccc(F)cc1)C(=O)CN(c1cc(Cl)ccc1OC)S(=O)(=O)c1ccc(C)cc1. The van der Waals surface area contributed by atoms with Gasteiger partial charge in [0.1, 0.15) is 24.2 Å². The van der Waals surface area contributed by atoms with E-state index in [-0.39, 0.29) is 40.2 Å². The highest BCUT2D eigenvalue weighted by Crippen LogP contribution is 2.35. The summed E-state index contributed by atoms with van der Waals surface area (Å²) in [5, 5.41) is 3.12. The molecule has 0 heterocycles. The number of hydrogen-bond donors (Lipinski definition) is 1. The molecule has 1 N–H and O–H groups in total. The molecule has 42 heavy (non-hydrogen) atoms. The predicted octanol–water partition coefficient (Wildman–Crippen LogP) is 5.72. The van der Waals surface area contributed by atoms with E-state index in [1.807, 2.05) is 13.8 Å². The Morgan fingerprint density at radius 3 is 2.29 bits per heavy atom. The van der Waals surface area contributed by atoms with Crippen molar-refractivity contribution in [2.75, 3.05) is 24.5 Å². The maximum atomic E-state index is 14.1. The van der Waals surface area contributed by atoms with Crippen molar-refractivity contribution in [2.24, 2.45) is 0 Å². The van der Waals surface area contributed by atoms with Crippen LogP contribution in [0.25, 0.3) is 0 Å². The molecule has 8 nitrogen and oxygen atoms in total. The minimum Gasteiger partial charge on any atom is -0.495 e. The lowest BCUT2D eigenvalue weighted by Gasteiger charge is -2.33. The van der Waals surface area contributed by atoms with Gasteiger partial charge in [0.15, 0.2) is 0 Å². The monoisotopic (exact) mass is 617 g/mol. The Kier molecular flexibility index (Phi) is 11.8. The zero-order valence-corrected chi connectivity index (χ0v) is 25.8. The molecule has 0 aliphatic rings. The Balaban J connectivity index is 2.10. The Morgan fingerprint density at radius 1 is 1.02 bits per heavy atom. The second-order valence-electron chi connectivity index (χ2n) is 9.86. The van der Waals surface area contributed by atoms with Crippen molar-refractivity contribution in [1.29, 1.82) is 0 Å². The molecule has 3 aromatic carbocycles. The number of methoxy groups -OCH3 is 1. The van der Waals surface area contributed by atoms with Crippen molar-refractivity contribution in [3.63, 3.8) is 0 Å². The number of carbonyl (C=O) groups is 2. The molecule has 226 valence electrons. The Morgan fingerprint density at radius 2 is 1.69 bits per heavy atom. The van der Waals surface area contributed by atoms with Crippen molar-refractivity contribution in [3.05, 3.63) is 88.7 Å². The molecule has 0 aromatic heterocycles. The van der Waals surface area contributed by atoms with Crippen LogP contribution in [0.2, 0.25) is 5.02 Å². The molecule has 2 amide bonds. The summed E-state index contributed by atoms with van der Waals surface area (Å²) in [6.45, 7) is 5.37. The molecule has 0 radical (unpaired) electrons. The first kappa shape index (κ1) is 32.9. The van der Waals surface area contributed by atoms with Crippen molar-refractivity contribution in [3.8, 4) is 5.75 Å². The van der Waals surface area contributed by atoms with E-state index in [1.54, 1.807) is 25.1 Å². The van der Waals surface area contributed by atoms with E-state index in [0.29, 0.717) is 12.1 Å². The van der Waals surface area contributed by atoms with Gasteiger partial charge in [-0.25, -0.2) is 12.8 Å². The fourth-order valence-corrected chi connectivity index (χ4v) is 6.00. The predicted molar refractivity (Wildman–Crippen MR) is 163 cm³/mol. The van der Waals surface area contributed by atoms with Crippen LogP contribution in [0, 0.1) is 12.7 Å². The van der Waals surface area contributed by atoms with Crippen LogP contribution < -0.4 is 14.4 Å². The molecule has 0 saturated heterocycles. The highest BCUT2D eigenvalue weighted by atomic mass is 35.5. The zero-order valence-electron chi connectivity index (χ0n) is 24.3. The van der Waals surface area contributed by atoms with Gasteiger partial charge in [-0.05, 0) is 67.8 Å². The highest BCUT2D eigenvalue weighted by Gasteiger charge is 2.34. The van der Waals surface area contributed by atoms with Gasteiger partial charge >= 0.3 is 0 Å². The van der Waals surface area contributed by atoms with Gasteiger partial charge < -0.3 is 15.0 Å². The van der Waals surface area contributed by atoms with Crippen LogP contribution in [-0.4, -0.2) is 51.4 Å². The fraction of sp³-hybridized carbons (Fsp3) is 0.355. The summed E-state index contributed by atoms with van der Waals surface area (Å²) in [7, 11) is -2.91. The van der Waals surface area contributed by atoms with Crippen LogP contribution in [0.5, 0.6) is 5.75 Å². The largest absolute Gasteiger partial charge is 0.495 e. The summed E-state index contributed by atoms with van der Waals surface area (Å²) in [6.07, 6.45) is 1.92. The van der Waals surface area contributed by atoms with E-state index < -0.39 is 34.3 Å². The molecule has 0 aliphatic carbocycles. The summed E-state index contributed by atoms with van der Waals surface area (Å²) in [5.41, 5.74) is 1.51. The second kappa shape index (κ2) is 15.0. The first-order valence-electron chi connectivity index (χ1n) is 13.8. The van der Waals surface area contributed by atoms with Crippen LogP contribution in [-0.2, 0) is 26.2 Å². The minimum atomic E-state index is -4.30. The molecule has 0 fully saturated rings. The van der Waals surface area contributed by atoms with Crippen LogP contribution in [0.4, 0.5) is 10.1 Å². The fourth-order valence-electron chi connectivity index (χ4n) is 4.42. The number of halogens is 2. The van der Waals surface area contributed by atoms with Gasteiger partial charge in [-0.2, -0.15) is 0 Å². The van der Waals surface area contributed by atoms with Crippen LogP contribution in [0.1, 0.15) is 44.2 Å². The Hall–Kier alpha value is -3.63. The third-order valence-electron chi connectivity index (χ3n) is 6.78. The third kappa shape index (κ3) is 8.23. The lowest BCUT2D eigenvalue weighted by Crippen LogP contribution is -2.52. The number of aryl methyl sites for hydroxylation is 1. The summed E-state index contributed by atoms with van der Waals surface area (Å²) >= 11 is 6.27. The van der Waals surface area contributed by atoms with E-state index in [1.165, 1.54) is 60.5 Å². The quantitative estimate of drug-likeness (QED) is 0.234. The number of rotatable bonds is 14. The molecule has 0 spiro atoms. The van der Waals surface area contributed by atoms with Crippen molar-refractivity contribution in [2.45, 2.75) is 57.5 Å². The molecule has 11 heteroatoms. The van der Waals surface area contributed by atoms with E-state index in [4.69, 9.17) is 16.3 Å². The molecule has 0 unspecified atom stereocenters. The van der Waals surface area contributed by atoms with Gasteiger partial charge in [-0.15, -0.1) is 0 Å². The molecule has 3 aromatic rings. The number of carbonyl (C=O) groups excluding carboxylic acids is 2. The van der Waals surface area contributed by atoms with Crippen LogP contribution >= 0.6 is 11.6 Å². The lowest BCUT2D eigenvalue weighted by molar-refractivity contribution is -0.140. The number of amides is 2. The van der Waals surface area contributed by atoms with E-state index in [0.717, 1.165) is 22.7 Å². The number of anilines is 1. The van der Waals surface area contributed by atoms with E-state index in [2.05, 4.69) is 5.32 Å². The molecule has 0 bridgehead atoms. The normalized spacial score (nSPS) is 12.0. The molecule has 0 aliphatic heterocycles. The highest BCUT2D eigenvalue weighted by molar-refractivity contribution is 7.92. The molecular formula is C31H37ClFN3O5S. The molecular weight excluding hydrogens is 581 g/mol. The summed E-state index contributed by atoms with van der Waals surface area (Å²) in [6, 6.07) is 15.4. The standard InChI is InChI=1S/C31H37ClFN3O5S/c1-5-7-18-34-31(38)27(6-2)35(20-23-10-13-25(33)14-11-23)30(37)21-36(28-19-24(32)12-17-29(28)41-4)42(39,40)26-15-8-22(3)9-16-26/h8-17,19,27H,5-7,18,20-21H2,1-4H3,(H,34,38)/t27-/m0/s1. The number of benzene rings is 3. The maximum absolute atomic E-state index is 14.1. The number of nitrogens with zero attached hydrogens (tertiary/aromatic N) is 2.